The summed E-state index contributed by atoms with van der Waals surface area (Å²) >= 11 is 0. The summed E-state index contributed by atoms with van der Waals surface area (Å²) in [7, 11) is -3.59. The number of hydrogen-bond donors (Lipinski definition) is 0. The quantitative estimate of drug-likeness (QED) is 0.233. The molecule has 0 fully saturated rings. The van der Waals surface area contributed by atoms with Crippen molar-refractivity contribution in [1.29, 1.82) is 0 Å². The molecule has 0 saturated heterocycles. The first-order valence-corrected chi connectivity index (χ1v) is 11.9. The second-order valence-electron chi connectivity index (χ2n) is 7.33. The molecule has 0 aliphatic heterocycles. The minimum Gasteiger partial charge on any atom is -0.266 e. The SMILES string of the molecule is CCCCCCCCCCCCCCCOS(=O)(=O)c1ccc(C)cc1. The molecule has 4 heteroatoms. The van der Waals surface area contributed by atoms with Gasteiger partial charge in [0.1, 0.15) is 0 Å². The van der Waals surface area contributed by atoms with Crippen LogP contribution in [-0.4, -0.2) is 15.0 Å². The van der Waals surface area contributed by atoms with Gasteiger partial charge < -0.3 is 0 Å². The second kappa shape index (κ2) is 14.2. The predicted octanol–water partition coefficient (Wildman–Crippen LogP) is 6.79. The van der Waals surface area contributed by atoms with Gasteiger partial charge in [0.2, 0.25) is 0 Å². The predicted molar refractivity (Wildman–Crippen MR) is 110 cm³/mol. The van der Waals surface area contributed by atoms with E-state index in [0.717, 1.165) is 18.4 Å². The van der Waals surface area contributed by atoms with Crippen LogP contribution in [0, 0.1) is 6.92 Å². The summed E-state index contributed by atoms with van der Waals surface area (Å²) in [5.74, 6) is 0. The zero-order valence-corrected chi connectivity index (χ0v) is 17.7. The number of unbranched alkanes of at least 4 members (excludes halogenated alkanes) is 12. The second-order valence-corrected chi connectivity index (χ2v) is 8.95. The van der Waals surface area contributed by atoms with Gasteiger partial charge in [-0.1, -0.05) is 102 Å². The summed E-state index contributed by atoms with van der Waals surface area (Å²) in [6.45, 7) is 4.48. The molecule has 0 aliphatic carbocycles. The lowest BCUT2D eigenvalue weighted by atomic mass is 10.0. The summed E-state index contributed by atoms with van der Waals surface area (Å²) in [6, 6.07) is 6.80. The van der Waals surface area contributed by atoms with E-state index in [4.69, 9.17) is 4.18 Å². The highest BCUT2D eigenvalue weighted by Gasteiger charge is 2.14. The molecule has 0 heterocycles. The molecule has 26 heavy (non-hydrogen) atoms. The van der Waals surface area contributed by atoms with Crippen LogP contribution in [0.25, 0.3) is 0 Å². The van der Waals surface area contributed by atoms with Crippen LogP contribution >= 0.6 is 0 Å². The van der Waals surface area contributed by atoms with Gasteiger partial charge in [-0.25, -0.2) is 0 Å². The minimum atomic E-state index is -3.59. The number of aryl methyl sites for hydroxylation is 1. The first-order chi connectivity index (χ1) is 12.6. The maximum absolute atomic E-state index is 12.0. The fourth-order valence-corrected chi connectivity index (χ4v) is 4.00. The number of rotatable bonds is 16. The van der Waals surface area contributed by atoms with Crippen LogP contribution in [0.1, 0.15) is 96.0 Å². The maximum atomic E-state index is 12.0. The van der Waals surface area contributed by atoms with Gasteiger partial charge in [-0.3, -0.25) is 4.18 Å². The number of benzene rings is 1. The third kappa shape index (κ3) is 11.0. The van der Waals surface area contributed by atoms with Crippen molar-refractivity contribution in [2.24, 2.45) is 0 Å². The van der Waals surface area contributed by atoms with Crippen LogP contribution in [0.2, 0.25) is 0 Å². The minimum absolute atomic E-state index is 0.248. The van der Waals surface area contributed by atoms with Gasteiger partial charge in [-0.05, 0) is 25.5 Å². The normalized spacial score (nSPS) is 11.8. The van der Waals surface area contributed by atoms with Crippen molar-refractivity contribution in [2.45, 2.75) is 102 Å². The summed E-state index contributed by atoms with van der Waals surface area (Å²) in [5.41, 5.74) is 1.04. The van der Waals surface area contributed by atoms with E-state index < -0.39 is 10.1 Å². The molecule has 0 aromatic heterocycles. The van der Waals surface area contributed by atoms with E-state index in [-0.39, 0.29) is 11.5 Å². The topological polar surface area (TPSA) is 43.4 Å². The maximum Gasteiger partial charge on any atom is 0.296 e. The molecule has 0 bridgehead atoms. The van der Waals surface area contributed by atoms with E-state index in [1.807, 2.05) is 6.92 Å². The smallest absolute Gasteiger partial charge is 0.266 e. The van der Waals surface area contributed by atoms with Gasteiger partial charge >= 0.3 is 0 Å². The summed E-state index contributed by atoms with van der Waals surface area (Å²) in [4.78, 5) is 0.248. The Hall–Kier alpha value is -0.870. The lowest BCUT2D eigenvalue weighted by Gasteiger charge is -2.06. The van der Waals surface area contributed by atoms with Crippen molar-refractivity contribution in [2.75, 3.05) is 6.61 Å². The third-order valence-corrected chi connectivity index (χ3v) is 6.12. The molecule has 1 aromatic rings. The Balaban J connectivity index is 1.94. The number of hydrogen-bond acceptors (Lipinski definition) is 3. The van der Waals surface area contributed by atoms with E-state index in [1.54, 1.807) is 24.3 Å². The van der Waals surface area contributed by atoms with Crippen molar-refractivity contribution in [3.05, 3.63) is 29.8 Å². The van der Waals surface area contributed by atoms with Crippen LogP contribution in [0.5, 0.6) is 0 Å². The molecule has 0 atom stereocenters. The molecule has 0 radical (unpaired) electrons. The lowest BCUT2D eigenvalue weighted by molar-refractivity contribution is 0.306. The highest BCUT2D eigenvalue weighted by atomic mass is 32.2. The molecule has 1 rings (SSSR count). The van der Waals surface area contributed by atoms with Gasteiger partial charge in [-0.2, -0.15) is 8.42 Å². The Morgan fingerprint density at radius 1 is 0.692 bits per heavy atom. The molecule has 0 spiro atoms. The highest BCUT2D eigenvalue weighted by molar-refractivity contribution is 7.86. The first-order valence-electron chi connectivity index (χ1n) is 10.5. The average Bonchev–Trinajstić information content (AvgIpc) is 2.62. The Bertz CT molecular complexity index is 549. The molecule has 0 unspecified atom stereocenters. The van der Waals surface area contributed by atoms with E-state index in [0.29, 0.717) is 0 Å². The molecule has 0 saturated carbocycles. The van der Waals surface area contributed by atoms with Gasteiger partial charge in [0.25, 0.3) is 10.1 Å². The van der Waals surface area contributed by atoms with Crippen LogP contribution in [0.15, 0.2) is 29.2 Å². The molecule has 1 aromatic carbocycles. The monoisotopic (exact) mass is 382 g/mol. The lowest BCUT2D eigenvalue weighted by Crippen LogP contribution is -2.07. The molecule has 0 amide bonds. The average molecular weight is 383 g/mol. The van der Waals surface area contributed by atoms with E-state index in [2.05, 4.69) is 6.92 Å². The van der Waals surface area contributed by atoms with Crippen LogP contribution in [0.3, 0.4) is 0 Å². The molecule has 3 nitrogen and oxygen atoms in total. The fraction of sp³-hybridized carbons (Fsp3) is 0.727. The van der Waals surface area contributed by atoms with E-state index in [9.17, 15) is 8.42 Å². The third-order valence-electron chi connectivity index (χ3n) is 4.80. The van der Waals surface area contributed by atoms with Crippen LogP contribution in [-0.2, 0) is 14.3 Å². The first kappa shape index (κ1) is 23.2. The Kier molecular flexibility index (Phi) is 12.7. The molecule has 0 N–H and O–H groups in total. The van der Waals surface area contributed by atoms with Crippen molar-refractivity contribution in [1.82, 2.24) is 0 Å². The van der Waals surface area contributed by atoms with E-state index in [1.165, 1.54) is 70.6 Å². The van der Waals surface area contributed by atoms with Crippen LogP contribution in [0.4, 0.5) is 0 Å². The Labute approximate surface area is 161 Å². The van der Waals surface area contributed by atoms with Gasteiger partial charge in [0.05, 0.1) is 11.5 Å². The Morgan fingerprint density at radius 3 is 1.58 bits per heavy atom. The summed E-state index contributed by atoms with van der Waals surface area (Å²) in [6.07, 6.45) is 16.6. The zero-order valence-electron chi connectivity index (χ0n) is 16.8. The van der Waals surface area contributed by atoms with Gasteiger partial charge in [0, 0.05) is 0 Å². The largest absolute Gasteiger partial charge is 0.296 e. The fourth-order valence-electron chi connectivity index (χ4n) is 3.06. The van der Waals surface area contributed by atoms with Crippen molar-refractivity contribution >= 4 is 10.1 Å². The summed E-state index contributed by atoms with van der Waals surface area (Å²) in [5, 5.41) is 0. The van der Waals surface area contributed by atoms with Crippen molar-refractivity contribution in [3.63, 3.8) is 0 Å². The Morgan fingerprint density at radius 2 is 1.12 bits per heavy atom. The molecule has 150 valence electrons. The standard InChI is InChI=1S/C22H38O3S/c1-3-4-5-6-7-8-9-10-11-12-13-14-15-20-25-26(23,24)22-18-16-21(2)17-19-22/h16-19H,3-15,20H2,1-2H3. The van der Waals surface area contributed by atoms with Crippen LogP contribution < -0.4 is 0 Å². The van der Waals surface area contributed by atoms with Gasteiger partial charge in [0.15, 0.2) is 0 Å². The van der Waals surface area contributed by atoms with Gasteiger partial charge in [-0.15, -0.1) is 0 Å². The zero-order chi connectivity index (χ0) is 19.1. The van der Waals surface area contributed by atoms with Crippen molar-refractivity contribution in [3.8, 4) is 0 Å². The summed E-state index contributed by atoms with van der Waals surface area (Å²) < 4.78 is 29.2. The molecular formula is C22H38O3S. The molecular weight excluding hydrogens is 344 g/mol. The van der Waals surface area contributed by atoms with E-state index >= 15 is 0 Å². The molecule has 0 aliphatic rings. The highest BCUT2D eigenvalue weighted by Crippen LogP contribution is 2.15. The van der Waals surface area contributed by atoms with Crippen molar-refractivity contribution < 1.29 is 12.6 Å².